The number of nitrogens with zero attached hydrogens (tertiary/aromatic N) is 1. The highest BCUT2D eigenvalue weighted by Crippen LogP contribution is 2.31. The Morgan fingerprint density at radius 3 is 2.26 bits per heavy atom. The highest BCUT2D eigenvalue weighted by Gasteiger charge is 2.27. The molecule has 1 amide bonds. The molecule has 3 aromatic carbocycles. The maximum absolute atomic E-state index is 12.8. The fourth-order valence-electron chi connectivity index (χ4n) is 3.68. The number of hydrogen-bond acceptors (Lipinski definition) is 4. The lowest BCUT2D eigenvalue weighted by molar-refractivity contribution is 0.102. The topological polar surface area (TPSA) is 75.7 Å². The van der Waals surface area contributed by atoms with E-state index in [1.165, 1.54) is 16.4 Å². The monoisotopic (exact) mass is 436 g/mol. The minimum absolute atomic E-state index is 0.239. The van der Waals surface area contributed by atoms with Crippen LogP contribution in [-0.4, -0.2) is 38.8 Å². The molecule has 1 aliphatic rings. The van der Waals surface area contributed by atoms with Gasteiger partial charge in [0.15, 0.2) is 0 Å². The Labute approximate surface area is 182 Å². The molecule has 31 heavy (non-hydrogen) atoms. The third kappa shape index (κ3) is 4.47. The first kappa shape index (κ1) is 21.1. The molecule has 0 spiro atoms. The Kier molecular flexibility index (Phi) is 6.06. The van der Waals surface area contributed by atoms with Crippen LogP contribution in [0.15, 0.2) is 77.7 Å². The number of amides is 1. The molecule has 1 heterocycles. The van der Waals surface area contributed by atoms with E-state index in [1.54, 1.807) is 37.4 Å². The van der Waals surface area contributed by atoms with Crippen LogP contribution in [0.5, 0.6) is 5.75 Å². The van der Waals surface area contributed by atoms with Gasteiger partial charge in [0.2, 0.25) is 10.0 Å². The van der Waals surface area contributed by atoms with Crippen molar-refractivity contribution in [3.63, 3.8) is 0 Å². The minimum Gasteiger partial charge on any atom is -0.496 e. The Morgan fingerprint density at radius 1 is 0.935 bits per heavy atom. The standard InChI is InChI=1S/C24H24N2O4S/c1-30-23-14-9-19(17-22(23)18-7-3-2-4-8-18)24(27)25-20-10-12-21(13-11-20)31(28,29)26-15-5-6-16-26/h2-4,7-14,17H,5-6,15-16H2,1H3,(H,25,27). The zero-order chi connectivity index (χ0) is 21.8. The third-order valence-electron chi connectivity index (χ3n) is 5.36. The number of benzene rings is 3. The maximum atomic E-state index is 12.8. The number of hydrogen-bond donors (Lipinski definition) is 1. The molecule has 0 radical (unpaired) electrons. The number of ether oxygens (including phenoxy) is 1. The van der Waals surface area contributed by atoms with Gasteiger partial charge in [-0.25, -0.2) is 8.42 Å². The highest BCUT2D eigenvalue weighted by molar-refractivity contribution is 7.89. The van der Waals surface area contributed by atoms with Crippen LogP contribution in [-0.2, 0) is 10.0 Å². The van der Waals surface area contributed by atoms with E-state index in [-0.39, 0.29) is 10.8 Å². The fraction of sp³-hybridized carbons (Fsp3) is 0.208. The Bertz CT molecular complexity index is 1170. The van der Waals surface area contributed by atoms with E-state index in [2.05, 4.69) is 5.32 Å². The van der Waals surface area contributed by atoms with Crippen LogP contribution in [0.1, 0.15) is 23.2 Å². The van der Waals surface area contributed by atoms with E-state index < -0.39 is 10.0 Å². The molecule has 1 fully saturated rings. The highest BCUT2D eigenvalue weighted by atomic mass is 32.2. The van der Waals surface area contributed by atoms with Crippen molar-refractivity contribution in [2.45, 2.75) is 17.7 Å². The van der Waals surface area contributed by atoms with Crippen molar-refractivity contribution in [2.24, 2.45) is 0 Å². The van der Waals surface area contributed by atoms with Crippen molar-refractivity contribution in [2.75, 3.05) is 25.5 Å². The van der Waals surface area contributed by atoms with Crippen LogP contribution in [0.25, 0.3) is 11.1 Å². The Balaban J connectivity index is 1.53. The van der Waals surface area contributed by atoms with Crippen molar-refractivity contribution in [3.05, 3.63) is 78.4 Å². The SMILES string of the molecule is COc1ccc(C(=O)Nc2ccc(S(=O)(=O)N3CCCC3)cc2)cc1-c1ccccc1. The molecule has 0 unspecified atom stereocenters. The largest absolute Gasteiger partial charge is 0.496 e. The molecule has 4 rings (SSSR count). The Morgan fingerprint density at radius 2 is 1.61 bits per heavy atom. The van der Waals surface area contributed by atoms with Crippen molar-refractivity contribution < 1.29 is 17.9 Å². The zero-order valence-electron chi connectivity index (χ0n) is 17.2. The summed E-state index contributed by atoms with van der Waals surface area (Å²) in [6, 6.07) is 21.3. The van der Waals surface area contributed by atoms with Gasteiger partial charge in [0, 0.05) is 29.9 Å². The van der Waals surface area contributed by atoms with Crippen molar-refractivity contribution in [1.82, 2.24) is 4.31 Å². The van der Waals surface area contributed by atoms with E-state index in [0.717, 1.165) is 24.0 Å². The van der Waals surface area contributed by atoms with Crippen molar-refractivity contribution >= 4 is 21.6 Å². The molecule has 0 aromatic heterocycles. The predicted molar refractivity (Wildman–Crippen MR) is 121 cm³/mol. The number of carbonyl (C=O) groups excluding carboxylic acids is 1. The van der Waals surface area contributed by atoms with E-state index in [1.807, 2.05) is 30.3 Å². The summed E-state index contributed by atoms with van der Waals surface area (Å²) in [6.45, 7) is 1.12. The number of carbonyl (C=O) groups is 1. The first-order valence-electron chi connectivity index (χ1n) is 10.1. The van der Waals surface area contributed by atoms with E-state index in [0.29, 0.717) is 30.1 Å². The number of anilines is 1. The summed E-state index contributed by atoms with van der Waals surface area (Å²) < 4.78 is 32.2. The first-order valence-corrected chi connectivity index (χ1v) is 11.6. The lowest BCUT2D eigenvalue weighted by Crippen LogP contribution is -2.27. The molecule has 7 heteroatoms. The lowest BCUT2D eigenvalue weighted by Gasteiger charge is -2.16. The van der Waals surface area contributed by atoms with Crippen LogP contribution in [0.3, 0.4) is 0 Å². The molecule has 0 atom stereocenters. The second-order valence-corrected chi connectivity index (χ2v) is 9.31. The van der Waals surface area contributed by atoms with Crippen LogP contribution < -0.4 is 10.1 Å². The maximum Gasteiger partial charge on any atom is 0.255 e. The third-order valence-corrected chi connectivity index (χ3v) is 7.27. The molecular weight excluding hydrogens is 412 g/mol. The van der Waals surface area contributed by atoms with Gasteiger partial charge in [-0.2, -0.15) is 4.31 Å². The van der Waals surface area contributed by atoms with E-state index >= 15 is 0 Å². The van der Waals surface area contributed by atoms with E-state index in [9.17, 15) is 13.2 Å². The van der Waals surface area contributed by atoms with Gasteiger partial charge < -0.3 is 10.1 Å². The fourth-order valence-corrected chi connectivity index (χ4v) is 5.20. The molecule has 0 bridgehead atoms. The second kappa shape index (κ2) is 8.91. The number of nitrogens with one attached hydrogen (secondary N) is 1. The van der Waals surface area contributed by atoms with Crippen molar-refractivity contribution in [1.29, 1.82) is 0 Å². The van der Waals surface area contributed by atoms with E-state index in [4.69, 9.17) is 4.74 Å². The quantitative estimate of drug-likeness (QED) is 0.621. The predicted octanol–water partition coefficient (Wildman–Crippen LogP) is 4.40. The summed E-state index contributed by atoms with van der Waals surface area (Å²) in [5, 5.41) is 2.83. The summed E-state index contributed by atoms with van der Waals surface area (Å²) in [5.74, 6) is 0.397. The molecule has 3 aromatic rings. The molecule has 160 valence electrons. The molecule has 1 aliphatic heterocycles. The first-order chi connectivity index (χ1) is 15.0. The van der Waals surface area contributed by atoms with Gasteiger partial charge in [-0.1, -0.05) is 30.3 Å². The summed E-state index contributed by atoms with van der Waals surface area (Å²) in [7, 11) is -1.88. The molecule has 1 N–H and O–H groups in total. The van der Waals surface area contributed by atoms with Crippen LogP contribution in [0.2, 0.25) is 0 Å². The average molecular weight is 437 g/mol. The summed E-state index contributed by atoms with van der Waals surface area (Å²) in [5.41, 5.74) is 2.78. The molecule has 0 aliphatic carbocycles. The smallest absolute Gasteiger partial charge is 0.255 e. The molecule has 1 saturated heterocycles. The van der Waals surface area contributed by atoms with Gasteiger partial charge in [0.25, 0.3) is 5.91 Å². The van der Waals surface area contributed by atoms with Crippen LogP contribution in [0.4, 0.5) is 5.69 Å². The lowest BCUT2D eigenvalue weighted by atomic mass is 10.0. The van der Waals surface area contributed by atoms with Gasteiger partial charge in [0.05, 0.1) is 12.0 Å². The second-order valence-electron chi connectivity index (χ2n) is 7.37. The summed E-state index contributed by atoms with van der Waals surface area (Å²) in [6.07, 6.45) is 1.78. The summed E-state index contributed by atoms with van der Waals surface area (Å²) in [4.78, 5) is 13.0. The van der Waals surface area contributed by atoms with Gasteiger partial charge in [0.1, 0.15) is 5.75 Å². The normalized spacial score (nSPS) is 14.4. The molecule has 6 nitrogen and oxygen atoms in total. The van der Waals surface area contributed by atoms with Crippen LogP contribution >= 0.6 is 0 Å². The number of rotatable bonds is 6. The van der Waals surface area contributed by atoms with Crippen LogP contribution in [0, 0.1) is 0 Å². The summed E-state index contributed by atoms with van der Waals surface area (Å²) >= 11 is 0. The Hall–Kier alpha value is -3.16. The zero-order valence-corrected chi connectivity index (χ0v) is 18.1. The molecule has 0 saturated carbocycles. The number of sulfonamides is 1. The number of methoxy groups -OCH3 is 1. The van der Waals surface area contributed by atoms with Gasteiger partial charge in [-0.05, 0) is 60.9 Å². The average Bonchev–Trinajstić information content (AvgIpc) is 3.35. The van der Waals surface area contributed by atoms with Crippen molar-refractivity contribution in [3.8, 4) is 16.9 Å². The van der Waals surface area contributed by atoms with Gasteiger partial charge >= 0.3 is 0 Å². The van der Waals surface area contributed by atoms with Gasteiger partial charge in [-0.3, -0.25) is 4.79 Å². The molecular formula is C24H24N2O4S. The minimum atomic E-state index is -3.47. The van der Waals surface area contributed by atoms with Gasteiger partial charge in [-0.15, -0.1) is 0 Å².